The Morgan fingerprint density at radius 3 is 2.93 bits per heavy atom. The van der Waals surface area contributed by atoms with Crippen molar-refractivity contribution in [3.8, 4) is 5.75 Å². The van der Waals surface area contributed by atoms with Crippen molar-refractivity contribution in [1.82, 2.24) is 0 Å². The minimum Gasteiger partial charge on any atom is -0.492 e. The quantitative estimate of drug-likeness (QED) is 0.736. The van der Waals surface area contributed by atoms with Gasteiger partial charge in [-0.3, -0.25) is 0 Å². The van der Waals surface area contributed by atoms with Crippen LogP contribution < -0.4 is 15.8 Å². The molecule has 3 nitrogen and oxygen atoms in total. The second kappa shape index (κ2) is 6.53. The van der Waals surface area contributed by atoms with Crippen molar-refractivity contribution in [3.05, 3.63) is 23.2 Å². The van der Waals surface area contributed by atoms with Crippen LogP contribution in [0.3, 0.4) is 0 Å². The maximum Gasteiger partial charge on any atom is 0.142 e. The maximum atomic E-state index is 5.91. The number of nitrogens with one attached hydrogen (secondary N) is 1. The molecule has 4 heteroatoms. The Labute approximate surface area is 95.6 Å². The summed E-state index contributed by atoms with van der Waals surface area (Å²) < 4.78 is 5.47. The normalized spacial score (nSPS) is 10.1. The molecular formula is C11H17ClN2O. The van der Waals surface area contributed by atoms with Gasteiger partial charge in [0.2, 0.25) is 0 Å². The molecule has 0 aromatic heterocycles. The van der Waals surface area contributed by atoms with E-state index in [1.165, 1.54) is 0 Å². The standard InChI is InChI=1S/C11H17ClN2O/c1-2-15-11-5-4-9(12)8-10(11)14-7-3-6-13/h4-5,8,14H,2-3,6-7,13H2,1H3. The first-order valence-corrected chi connectivity index (χ1v) is 5.52. The lowest BCUT2D eigenvalue weighted by atomic mass is 10.3. The summed E-state index contributed by atoms with van der Waals surface area (Å²) in [6, 6.07) is 5.56. The Bertz CT molecular complexity index is 305. The SMILES string of the molecule is CCOc1ccc(Cl)cc1NCCCN. The summed E-state index contributed by atoms with van der Waals surface area (Å²) in [5.41, 5.74) is 6.35. The summed E-state index contributed by atoms with van der Waals surface area (Å²) in [6.45, 7) is 4.11. The van der Waals surface area contributed by atoms with Gasteiger partial charge in [-0.15, -0.1) is 0 Å². The summed E-state index contributed by atoms with van der Waals surface area (Å²) in [5, 5.41) is 3.95. The number of halogens is 1. The minimum absolute atomic E-state index is 0.646. The van der Waals surface area contributed by atoms with Crippen molar-refractivity contribution in [1.29, 1.82) is 0 Å². The number of benzene rings is 1. The van der Waals surface area contributed by atoms with E-state index in [9.17, 15) is 0 Å². The molecule has 0 saturated heterocycles. The molecule has 0 fully saturated rings. The van der Waals surface area contributed by atoms with Crippen LogP contribution in [0.1, 0.15) is 13.3 Å². The van der Waals surface area contributed by atoms with Crippen molar-refractivity contribution in [3.63, 3.8) is 0 Å². The summed E-state index contributed by atoms with van der Waals surface area (Å²) in [7, 11) is 0. The second-order valence-corrected chi connectivity index (χ2v) is 3.58. The van der Waals surface area contributed by atoms with E-state index in [1.807, 2.05) is 25.1 Å². The van der Waals surface area contributed by atoms with Gasteiger partial charge in [-0.25, -0.2) is 0 Å². The van der Waals surface area contributed by atoms with E-state index < -0.39 is 0 Å². The van der Waals surface area contributed by atoms with E-state index >= 15 is 0 Å². The third-order valence-corrected chi connectivity index (χ3v) is 2.17. The number of nitrogens with two attached hydrogens (primary N) is 1. The monoisotopic (exact) mass is 228 g/mol. The Hall–Kier alpha value is -0.930. The van der Waals surface area contributed by atoms with Crippen LogP contribution in [-0.2, 0) is 0 Å². The lowest BCUT2D eigenvalue weighted by Gasteiger charge is -2.12. The van der Waals surface area contributed by atoms with Crippen molar-refractivity contribution < 1.29 is 4.74 Å². The van der Waals surface area contributed by atoms with Crippen molar-refractivity contribution in [2.75, 3.05) is 25.0 Å². The molecule has 0 aliphatic rings. The summed E-state index contributed by atoms with van der Waals surface area (Å²) in [4.78, 5) is 0. The first-order valence-electron chi connectivity index (χ1n) is 5.14. The first kappa shape index (κ1) is 12.1. The molecule has 1 aromatic rings. The number of ether oxygens (including phenoxy) is 1. The molecule has 0 amide bonds. The Morgan fingerprint density at radius 2 is 2.27 bits per heavy atom. The molecule has 84 valence electrons. The van der Waals surface area contributed by atoms with Crippen LogP contribution in [0, 0.1) is 0 Å². The molecule has 1 aromatic carbocycles. The zero-order chi connectivity index (χ0) is 11.1. The number of anilines is 1. The van der Waals surface area contributed by atoms with Crippen LogP contribution in [0.25, 0.3) is 0 Å². The minimum atomic E-state index is 0.646. The van der Waals surface area contributed by atoms with E-state index in [-0.39, 0.29) is 0 Å². The van der Waals surface area contributed by atoms with E-state index in [0.29, 0.717) is 18.2 Å². The molecule has 0 atom stereocenters. The average Bonchev–Trinajstić information content (AvgIpc) is 2.22. The first-order chi connectivity index (χ1) is 7.27. The third-order valence-electron chi connectivity index (χ3n) is 1.94. The third kappa shape index (κ3) is 3.98. The van der Waals surface area contributed by atoms with Gasteiger partial charge >= 0.3 is 0 Å². The highest BCUT2D eigenvalue weighted by Crippen LogP contribution is 2.27. The maximum absolute atomic E-state index is 5.91. The lowest BCUT2D eigenvalue weighted by Crippen LogP contribution is -2.09. The summed E-state index contributed by atoms with van der Waals surface area (Å²) in [5.74, 6) is 0.832. The predicted octanol–water partition coefficient (Wildman–Crippen LogP) is 2.50. The van der Waals surface area contributed by atoms with Gasteiger partial charge in [0.15, 0.2) is 0 Å². The molecule has 0 aliphatic heterocycles. The molecule has 0 radical (unpaired) electrons. The topological polar surface area (TPSA) is 47.3 Å². The smallest absolute Gasteiger partial charge is 0.142 e. The van der Waals surface area contributed by atoms with E-state index in [1.54, 1.807) is 0 Å². The highest BCUT2D eigenvalue weighted by molar-refractivity contribution is 6.30. The Balaban J connectivity index is 2.68. The van der Waals surface area contributed by atoms with Gasteiger partial charge in [-0.05, 0) is 38.1 Å². The molecule has 0 bridgehead atoms. The fourth-order valence-electron chi connectivity index (χ4n) is 1.25. The van der Waals surface area contributed by atoms with Gasteiger partial charge in [0.1, 0.15) is 5.75 Å². The summed E-state index contributed by atoms with van der Waals surface area (Å²) >= 11 is 5.91. The van der Waals surface area contributed by atoms with Crippen molar-refractivity contribution >= 4 is 17.3 Å². The van der Waals surface area contributed by atoms with E-state index in [4.69, 9.17) is 22.1 Å². The summed E-state index contributed by atoms with van der Waals surface area (Å²) in [6.07, 6.45) is 0.929. The van der Waals surface area contributed by atoms with Gasteiger partial charge in [0, 0.05) is 11.6 Å². The average molecular weight is 229 g/mol. The number of rotatable bonds is 6. The van der Waals surface area contributed by atoms with Gasteiger partial charge in [-0.2, -0.15) is 0 Å². The number of hydrogen-bond acceptors (Lipinski definition) is 3. The van der Waals surface area contributed by atoms with Gasteiger partial charge in [-0.1, -0.05) is 11.6 Å². The van der Waals surface area contributed by atoms with Crippen LogP contribution in [0.4, 0.5) is 5.69 Å². The molecule has 0 heterocycles. The molecule has 1 rings (SSSR count). The molecular weight excluding hydrogens is 212 g/mol. The zero-order valence-corrected chi connectivity index (χ0v) is 9.68. The highest BCUT2D eigenvalue weighted by Gasteiger charge is 2.03. The molecule has 0 aliphatic carbocycles. The largest absolute Gasteiger partial charge is 0.492 e. The molecule has 0 saturated carbocycles. The number of hydrogen-bond donors (Lipinski definition) is 2. The lowest BCUT2D eigenvalue weighted by molar-refractivity contribution is 0.341. The van der Waals surface area contributed by atoms with Crippen LogP contribution in [0.15, 0.2) is 18.2 Å². The van der Waals surface area contributed by atoms with Gasteiger partial charge in [0.25, 0.3) is 0 Å². The van der Waals surface area contributed by atoms with Crippen LogP contribution in [-0.4, -0.2) is 19.7 Å². The van der Waals surface area contributed by atoms with E-state index in [0.717, 1.165) is 24.4 Å². The fourth-order valence-corrected chi connectivity index (χ4v) is 1.42. The highest BCUT2D eigenvalue weighted by atomic mass is 35.5. The molecule has 0 spiro atoms. The predicted molar refractivity (Wildman–Crippen MR) is 64.8 cm³/mol. The molecule has 3 N–H and O–H groups in total. The van der Waals surface area contributed by atoms with Gasteiger partial charge < -0.3 is 15.8 Å². The van der Waals surface area contributed by atoms with Gasteiger partial charge in [0.05, 0.1) is 12.3 Å². The van der Waals surface area contributed by atoms with Crippen molar-refractivity contribution in [2.45, 2.75) is 13.3 Å². The molecule has 15 heavy (non-hydrogen) atoms. The van der Waals surface area contributed by atoms with Crippen LogP contribution >= 0.6 is 11.6 Å². The second-order valence-electron chi connectivity index (χ2n) is 3.14. The Kier molecular flexibility index (Phi) is 5.29. The van der Waals surface area contributed by atoms with Crippen LogP contribution in [0.5, 0.6) is 5.75 Å². The van der Waals surface area contributed by atoms with E-state index in [2.05, 4.69) is 5.32 Å². The van der Waals surface area contributed by atoms with Crippen LogP contribution in [0.2, 0.25) is 5.02 Å². The fraction of sp³-hybridized carbons (Fsp3) is 0.455. The Morgan fingerprint density at radius 1 is 1.47 bits per heavy atom. The van der Waals surface area contributed by atoms with Crippen molar-refractivity contribution in [2.24, 2.45) is 5.73 Å². The molecule has 0 unspecified atom stereocenters. The zero-order valence-electron chi connectivity index (χ0n) is 8.92.